The highest BCUT2D eigenvalue weighted by Gasteiger charge is 2.28. The Morgan fingerprint density at radius 2 is 1.24 bits per heavy atom. The summed E-state index contributed by atoms with van der Waals surface area (Å²) in [6.45, 7) is 4.95. The van der Waals surface area contributed by atoms with E-state index < -0.39 is 11.6 Å². The van der Waals surface area contributed by atoms with E-state index >= 15 is 0 Å². The minimum absolute atomic E-state index is 0.0779. The molecular formula is C30H48F2O. The van der Waals surface area contributed by atoms with E-state index in [-0.39, 0.29) is 11.7 Å². The second kappa shape index (κ2) is 14.3. The van der Waals surface area contributed by atoms with Gasteiger partial charge in [0.1, 0.15) is 0 Å². The van der Waals surface area contributed by atoms with Gasteiger partial charge in [-0.1, -0.05) is 97.0 Å². The topological polar surface area (TPSA) is 9.23 Å². The average molecular weight is 463 g/mol. The zero-order valence-electron chi connectivity index (χ0n) is 21.4. The van der Waals surface area contributed by atoms with Gasteiger partial charge in [-0.25, -0.2) is 4.39 Å². The Labute approximate surface area is 202 Å². The molecule has 3 rings (SSSR count). The summed E-state index contributed by atoms with van der Waals surface area (Å²) >= 11 is 0. The summed E-state index contributed by atoms with van der Waals surface area (Å²) < 4.78 is 35.0. The first-order valence-corrected chi connectivity index (χ1v) is 14.2. The zero-order valence-corrected chi connectivity index (χ0v) is 21.4. The van der Waals surface area contributed by atoms with Crippen molar-refractivity contribution in [3.8, 4) is 5.75 Å². The second-order valence-corrected chi connectivity index (χ2v) is 11.0. The quantitative estimate of drug-likeness (QED) is 0.265. The van der Waals surface area contributed by atoms with E-state index in [2.05, 4.69) is 13.8 Å². The number of hydrogen-bond acceptors (Lipinski definition) is 1. The number of benzene rings is 1. The molecule has 0 aromatic heterocycles. The van der Waals surface area contributed by atoms with Crippen molar-refractivity contribution in [2.45, 2.75) is 129 Å². The van der Waals surface area contributed by atoms with Crippen LogP contribution in [-0.4, -0.2) is 6.61 Å². The van der Waals surface area contributed by atoms with Gasteiger partial charge in [0, 0.05) is 0 Å². The third-order valence-corrected chi connectivity index (χ3v) is 8.52. The zero-order chi connectivity index (χ0) is 23.5. The monoisotopic (exact) mass is 462 g/mol. The molecule has 2 aliphatic carbocycles. The Balaban J connectivity index is 1.39. The molecule has 0 amide bonds. The lowest BCUT2D eigenvalue weighted by Crippen LogP contribution is -2.18. The number of hydrogen-bond donors (Lipinski definition) is 0. The highest BCUT2D eigenvalue weighted by molar-refractivity contribution is 5.33. The lowest BCUT2D eigenvalue weighted by Gasteiger charge is -2.32. The number of rotatable bonds is 13. The Morgan fingerprint density at radius 3 is 1.85 bits per heavy atom. The van der Waals surface area contributed by atoms with Crippen LogP contribution in [0.2, 0.25) is 0 Å². The van der Waals surface area contributed by atoms with E-state index in [1.54, 1.807) is 12.1 Å². The first-order valence-electron chi connectivity index (χ1n) is 14.2. The Bertz CT molecular complexity index is 672. The maximum absolute atomic E-state index is 14.8. The van der Waals surface area contributed by atoms with Gasteiger partial charge in [0.2, 0.25) is 5.82 Å². The van der Waals surface area contributed by atoms with Crippen LogP contribution in [0.15, 0.2) is 12.1 Å². The predicted octanol–water partition coefficient (Wildman–Crippen LogP) is 9.97. The Morgan fingerprint density at radius 1 is 0.667 bits per heavy atom. The molecule has 0 spiro atoms. The van der Waals surface area contributed by atoms with E-state index in [1.807, 2.05) is 0 Å². The van der Waals surface area contributed by atoms with Gasteiger partial charge in [-0.3, -0.25) is 0 Å². The molecule has 2 fully saturated rings. The summed E-state index contributed by atoms with van der Waals surface area (Å²) in [7, 11) is 0. The van der Waals surface area contributed by atoms with Crippen molar-refractivity contribution in [2.24, 2.45) is 17.8 Å². The van der Waals surface area contributed by atoms with Crippen molar-refractivity contribution < 1.29 is 13.5 Å². The Kier molecular flexibility index (Phi) is 11.5. The average Bonchev–Trinajstić information content (AvgIpc) is 2.84. The van der Waals surface area contributed by atoms with Crippen LogP contribution in [0.1, 0.15) is 134 Å². The van der Waals surface area contributed by atoms with E-state index in [1.165, 1.54) is 70.6 Å². The lowest BCUT2D eigenvalue weighted by atomic mass is 9.74. The molecule has 33 heavy (non-hydrogen) atoms. The summed E-state index contributed by atoms with van der Waals surface area (Å²) in [5, 5.41) is 0. The van der Waals surface area contributed by atoms with Gasteiger partial charge < -0.3 is 4.74 Å². The summed E-state index contributed by atoms with van der Waals surface area (Å²) in [6.07, 6.45) is 21.1. The SMILES string of the molecule is CCCCCCCOc1ccc([C@H]2CC[C@H](CCC3CCC(CCC)CC3)CC2)c(F)c1F. The molecule has 188 valence electrons. The molecule has 0 atom stereocenters. The molecule has 1 aromatic rings. The maximum Gasteiger partial charge on any atom is 0.200 e. The largest absolute Gasteiger partial charge is 0.490 e. The van der Waals surface area contributed by atoms with Crippen molar-refractivity contribution in [2.75, 3.05) is 6.61 Å². The minimum Gasteiger partial charge on any atom is -0.490 e. The van der Waals surface area contributed by atoms with Crippen molar-refractivity contribution in [3.05, 3.63) is 29.3 Å². The van der Waals surface area contributed by atoms with Gasteiger partial charge in [0.15, 0.2) is 11.6 Å². The second-order valence-electron chi connectivity index (χ2n) is 11.0. The smallest absolute Gasteiger partial charge is 0.200 e. The van der Waals surface area contributed by atoms with Crippen LogP contribution in [-0.2, 0) is 0 Å². The molecule has 1 nitrogen and oxygen atoms in total. The van der Waals surface area contributed by atoms with Crippen LogP contribution in [0.3, 0.4) is 0 Å². The molecule has 2 saturated carbocycles. The summed E-state index contributed by atoms with van der Waals surface area (Å²) in [5.41, 5.74) is 0.565. The number of ether oxygens (including phenoxy) is 1. The minimum atomic E-state index is -0.790. The van der Waals surface area contributed by atoms with E-state index in [4.69, 9.17) is 4.74 Å². The van der Waals surface area contributed by atoms with Crippen molar-refractivity contribution >= 4 is 0 Å². The molecule has 0 bridgehead atoms. The normalized spacial score (nSPS) is 25.8. The highest BCUT2D eigenvalue weighted by atomic mass is 19.2. The van der Waals surface area contributed by atoms with Gasteiger partial charge in [0.25, 0.3) is 0 Å². The van der Waals surface area contributed by atoms with Crippen molar-refractivity contribution in [1.29, 1.82) is 0 Å². The van der Waals surface area contributed by atoms with Crippen molar-refractivity contribution in [3.63, 3.8) is 0 Å². The van der Waals surface area contributed by atoms with Gasteiger partial charge >= 0.3 is 0 Å². The van der Waals surface area contributed by atoms with E-state index in [0.717, 1.165) is 56.3 Å². The first kappa shape index (κ1) is 26.5. The third kappa shape index (κ3) is 8.25. The lowest BCUT2D eigenvalue weighted by molar-refractivity contribution is 0.223. The summed E-state index contributed by atoms with van der Waals surface area (Å²) in [6, 6.07) is 3.44. The number of unbranched alkanes of at least 4 members (excludes halogenated alkanes) is 4. The van der Waals surface area contributed by atoms with Crippen LogP contribution >= 0.6 is 0 Å². The number of halogens is 2. The molecule has 0 radical (unpaired) electrons. The molecule has 0 aliphatic heterocycles. The first-order chi connectivity index (χ1) is 16.1. The molecule has 0 heterocycles. The van der Waals surface area contributed by atoms with Crippen LogP contribution < -0.4 is 4.74 Å². The van der Waals surface area contributed by atoms with Crippen LogP contribution in [0, 0.1) is 29.4 Å². The van der Waals surface area contributed by atoms with Gasteiger partial charge in [0.05, 0.1) is 6.61 Å². The molecule has 1 aromatic carbocycles. The van der Waals surface area contributed by atoms with E-state index in [9.17, 15) is 8.78 Å². The van der Waals surface area contributed by atoms with Gasteiger partial charge in [-0.2, -0.15) is 4.39 Å². The fourth-order valence-corrected chi connectivity index (χ4v) is 6.31. The molecule has 2 aliphatic rings. The fourth-order valence-electron chi connectivity index (χ4n) is 6.31. The maximum atomic E-state index is 14.8. The fraction of sp³-hybridized carbons (Fsp3) is 0.800. The molecule has 0 unspecified atom stereocenters. The molecule has 0 saturated heterocycles. The highest BCUT2D eigenvalue weighted by Crippen LogP contribution is 2.41. The van der Waals surface area contributed by atoms with Gasteiger partial charge in [-0.05, 0) is 67.4 Å². The summed E-state index contributed by atoms with van der Waals surface area (Å²) in [4.78, 5) is 0. The van der Waals surface area contributed by atoms with Crippen LogP contribution in [0.4, 0.5) is 8.78 Å². The van der Waals surface area contributed by atoms with Crippen LogP contribution in [0.25, 0.3) is 0 Å². The standard InChI is InChI=1S/C30H48F2O/c1-3-5-6-7-8-22-33-28-21-20-27(29(31)30(28)32)26-18-16-25(17-19-26)15-14-24-12-10-23(9-4-2)11-13-24/h20-21,23-26H,3-19,22H2,1-2H3/t23?,24?,25-,26-. The summed E-state index contributed by atoms with van der Waals surface area (Å²) in [5.74, 6) is 1.46. The Hall–Kier alpha value is -1.12. The molecule has 0 N–H and O–H groups in total. The molecule has 3 heteroatoms. The van der Waals surface area contributed by atoms with Gasteiger partial charge in [-0.15, -0.1) is 0 Å². The van der Waals surface area contributed by atoms with Crippen molar-refractivity contribution in [1.82, 2.24) is 0 Å². The molecular weight excluding hydrogens is 414 g/mol. The predicted molar refractivity (Wildman–Crippen MR) is 135 cm³/mol. The van der Waals surface area contributed by atoms with Crippen LogP contribution in [0.5, 0.6) is 5.75 Å². The third-order valence-electron chi connectivity index (χ3n) is 8.52. The van der Waals surface area contributed by atoms with E-state index in [0.29, 0.717) is 12.2 Å².